The van der Waals surface area contributed by atoms with Gasteiger partial charge in [0.15, 0.2) is 0 Å². The number of rotatable bonds is 2. The summed E-state index contributed by atoms with van der Waals surface area (Å²) < 4.78 is 22.2. The standard InChI is InChI=1S/Na.H4O7P2.6H2O.H/c;1-8(2,3)7-9(4,5)6;;;;;;;/h;(H2,1,2,3)(H2,4,5,6);6*1H2;/q+1;;;;;;;;-1. The summed E-state index contributed by atoms with van der Waals surface area (Å²) in [6.07, 6.45) is 0. The molecule has 0 bridgehead atoms. The van der Waals surface area contributed by atoms with Crippen LogP contribution in [-0.2, 0) is 13.4 Å². The Kier molecular flexibility index (Phi) is 61.7. The minimum atomic E-state index is -5.05. The first kappa shape index (κ1) is 53.7. The van der Waals surface area contributed by atoms with E-state index >= 15 is 0 Å². The minimum absolute atomic E-state index is 0. The molecular weight excluding hydrogens is 293 g/mol. The summed E-state index contributed by atoms with van der Waals surface area (Å²) in [5, 5.41) is 0. The Balaban J connectivity index is -0.0000000114. The maximum atomic E-state index is 9.63. The van der Waals surface area contributed by atoms with E-state index in [9.17, 15) is 9.13 Å². The van der Waals surface area contributed by atoms with Gasteiger partial charge in [-0.2, -0.15) is 4.31 Å². The summed E-state index contributed by atoms with van der Waals surface area (Å²) in [7, 11) is -10.1. The molecule has 0 unspecified atom stereocenters. The molecule has 0 heterocycles. The van der Waals surface area contributed by atoms with Crippen molar-refractivity contribution in [1.29, 1.82) is 0 Å². The summed E-state index contributed by atoms with van der Waals surface area (Å²) in [6, 6.07) is 0. The van der Waals surface area contributed by atoms with Crippen LogP contribution >= 0.6 is 15.6 Å². The predicted molar refractivity (Wildman–Crippen MR) is 48.0 cm³/mol. The largest absolute Gasteiger partial charge is 1.00 e. The fourth-order valence-electron chi connectivity index (χ4n) is 0.139. The minimum Gasteiger partial charge on any atom is -1.00 e. The Morgan fingerprint density at radius 2 is 0.812 bits per heavy atom. The van der Waals surface area contributed by atoms with Gasteiger partial charge in [-0.05, 0) is 0 Å². The van der Waals surface area contributed by atoms with Crippen LogP contribution in [0.15, 0.2) is 0 Å². The molecule has 0 aromatic heterocycles. The Bertz CT molecular complexity index is 160. The molecule has 0 aliphatic carbocycles. The van der Waals surface area contributed by atoms with E-state index < -0.39 is 15.6 Å². The summed E-state index contributed by atoms with van der Waals surface area (Å²) in [5.74, 6) is 0. The van der Waals surface area contributed by atoms with Gasteiger partial charge in [-0.1, -0.05) is 0 Å². The third kappa shape index (κ3) is 59.9. The third-order valence-corrected chi connectivity index (χ3v) is 1.91. The van der Waals surface area contributed by atoms with Crippen LogP contribution in [0, 0.1) is 0 Å². The van der Waals surface area contributed by atoms with Gasteiger partial charge in [0.1, 0.15) is 0 Å². The maximum Gasteiger partial charge on any atom is 1.00 e. The normalized spacial score (nSPS) is 7.75. The molecule has 0 aliphatic rings. The molecule has 16 N–H and O–H groups in total. The number of hydrogen-bond donors (Lipinski definition) is 4. The summed E-state index contributed by atoms with van der Waals surface area (Å²) in [4.78, 5) is 31.0. The van der Waals surface area contributed by atoms with Crippen molar-refractivity contribution in [1.82, 2.24) is 0 Å². The molecule has 16 heteroatoms. The van der Waals surface area contributed by atoms with E-state index in [4.69, 9.17) is 19.6 Å². The van der Waals surface area contributed by atoms with E-state index in [0.717, 1.165) is 0 Å². The molecule has 0 amide bonds. The Morgan fingerprint density at radius 1 is 0.688 bits per heavy atom. The Hall–Kier alpha value is 1.02. The average molecular weight is 310 g/mol. The SMILES string of the molecule is O.O.O.O.O.O.O=P(O)(O)OP(=O)(O)O.[H-].[Na+]. The van der Waals surface area contributed by atoms with Crippen LogP contribution in [-0.4, -0.2) is 52.4 Å². The molecule has 0 aromatic carbocycles. The van der Waals surface area contributed by atoms with Gasteiger partial charge in [0.25, 0.3) is 0 Å². The molecule has 0 aliphatic heterocycles. The van der Waals surface area contributed by atoms with E-state index in [-0.39, 0.29) is 63.8 Å². The molecule has 0 radical (unpaired) electrons. The maximum absolute atomic E-state index is 9.63. The van der Waals surface area contributed by atoms with Crippen LogP contribution in [0.5, 0.6) is 0 Å². The molecular formula is H17NaO13P2. The summed E-state index contributed by atoms with van der Waals surface area (Å²) in [6.45, 7) is 0. The molecule has 0 atom stereocenters. The van der Waals surface area contributed by atoms with Crippen LogP contribution in [0.2, 0.25) is 0 Å². The first-order valence-corrected chi connectivity index (χ1v) is 4.59. The second kappa shape index (κ2) is 18.4. The molecule has 0 aromatic rings. The first-order valence-electron chi connectivity index (χ1n) is 1.53. The van der Waals surface area contributed by atoms with Gasteiger partial charge in [-0.3, -0.25) is 0 Å². The van der Waals surface area contributed by atoms with Crippen LogP contribution in [0.25, 0.3) is 0 Å². The van der Waals surface area contributed by atoms with Crippen LogP contribution < -0.4 is 29.6 Å². The van der Waals surface area contributed by atoms with Crippen LogP contribution in [0.3, 0.4) is 0 Å². The van der Waals surface area contributed by atoms with Crippen molar-refractivity contribution >= 4 is 15.6 Å². The number of hydrogen-bond acceptors (Lipinski definition) is 3. The second-order valence-corrected chi connectivity index (χ2v) is 3.68. The molecule has 0 fully saturated rings. The number of phosphoric acid groups is 2. The first-order chi connectivity index (χ1) is 3.71. The van der Waals surface area contributed by atoms with Crippen molar-refractivity contribution in [2.24, 2.45) is 0 Å². The quantitative estimate of drug-likeness (QED) is 0.281. The summed E-state index contributed by atoms with van der Waals surface area (Å²) >= 11 is 0. The van der Waals surface area contributed by atoms with Crippen molar-refractivity contribution in [3.63, 3.8) is 0 Å². The zero-order valence-corrected chi connectivity index (χ0v) is 11.7. The van der Waals surface area contributed by atoms with E-state index in [1.54, 1.807) is 0 Å². The van der Waals surface area contributed by atoms with Gasteiger partial charge in [0, 0.05) is 0 Å². The van der Waals surface area contributed by atoms with Crippen LogP contribution in [0.4, 0.5) is 0 Å². The van der Waals surface area contributed by atoms with Gasteiger partial charge in [-0.15, -0.1) is 0 Å². The van der Waals surface area contributed by atoms with E-state index in [1.165, 1.54) is 0 Å². The summed E-state index contributed by atoms with van der Waals surface area (Å²) in [5.41, 5.74) is 0. The van der Waals surface area contributed by atoms with Crippen molar-refractivity contribution in [3.05, 3.63) is 0 Å². The fraction of sp³-hybridized carbons (Fsp3) is 0. The fourth-order valence-corrected chi connectivity index (χ4v) is 1.25. The van der Waals surface area contributed by atoms with Crippen molar-refractivity contribution in [2.75, 3.05) is 0 Å². The zero-order valence-electron chi connectivity index (χ0n) is 8.91. The predicted octanol–water partition coefficient (Wildman–Crippen LogP) is -8.64. The van der Waals surface area contributed by atoms with Crippen molar-refractivity contribution in [2.45, 2.75) is 0 Å². The topological polar surface area (TPSA) is 313 Å². The molecule has 0 saturated heterocycles. The molecule has 16 heavy (non-hydrogen) atoms. The molecule has 106 valence electrons. The van der Waals surface area contributed by atoms with Gasteiger partial charge < -0.3 is 53.9 Å². The molecule has 0 spiro atoms. The zero-order chi connectivity index (χ0) is 7.71. The smallest absolute Gasteiger partial charge is 1.00 e. The molecule has 0 saturated carbocycles. The van der Waals surface area contributed by atoms with E-state index in [2.05, 4.69) is 4.31 Å². The van der Waals surface area contributed by atoms with Crippen molar-refractivity contribution < 1.29 is 96.9 Å². The second-order valence-electron chi connectivity index (χ2n) is 1.06. The third-order valence-electron chi connectivity index (χ3n) is 0.213. The average Bonchev–Trinajstić information content (AvgIpc) is 1.14. The van der Waals surface area contributed by atoms with E-state index in [0.29, 0.717) is 0 Å². The van der Waals surface area contributed by atoms with Gasteiger partial charge >= 0.3 is 45.2 Å². The van der Waals surface area contributed by atoms with Gasteiger partial charge in [0.05, 0.1) is 0 Å². The molecule has 13 nitrogen and oxygen atoms in total. The van der Waals surface area contributed by atoms with Crippen molar-refractivity contribution in [3.8, 4) is 0 Å². The van der Waals surface area contributed by atoms with Crippen LogP contribution in [0.1, 0.15) is 1.43 Å². The Labute approximate surface area is 113 Å². The Morgan fingerprint density at radius 3 is 0.812 bits per heavy atom. The van der Waals surface area contributed by atoms with Gasteiger partial charge in [0.2, 0.25) is 0 Å². The van der Waals surface area contributed by atoms with Gasteiger partial charge in [-0.25, -0.2) is 9.13 Å². The monoisotopic (exact) mass is 310 g/mol. The molecule has 0 rings (SSSR count). The van der Waals surface area contributed by atoms with E-state index in [1.807, 2.05) is 0 Å².